The minimum Gasteiger partial charge on any atom is -0.493 e. The van der Waals surface area contributed by atoms with Gasteiger partial charge in [-0.15, -0.1) is 0 Å². The average molecular weight is 303 g/mol. The molecule has 6 heteroatoms. The van der Waals surface area contributed by atoms with Gasteiger partial charge in [0.15, 0.2) is 9.84 Å². The summed E-state index contributed by atoms with van der Waals surface area (Å²) in [5.74, 6) is 0.501. The first-order chi connectivity index (χ1) is 10.1. The second-order valence-corrected chi connectivity index (χ2v) is 6.29. The Bertz CT molecular complexity index is 733. The quantitative estimate of drug-likeness (QED) is 0.607. The van der Waals surface area contributed by atoms with Gasteiger partial charge in [0.2, 0.25) is 6.08 Å². The van der Waals surface area contributed by atoms with Crippen molar-refractivity contribution in [3.63, 3.8) is 0 Å². The lowest BCUT2D eigenvalue weighted by atomic mass is 10.3. The molecule has 0 bridgehead atoms. The molecule has 0 N–H and O–H groups in total. The fourth-order valence-electron chi connectivity index (χ4n) is 1.68. The van der Waals surface area contributed by atoms with Gasteiger partial charge in [-0.2, -0.15) is 4.99 Å². The first-order valence-corrected chi connectivity index (χ1v) is 7.85. The lowest BCUT2D eigenvalue weighted by Crippen LogP contribution is -2.14. The first kappa shape index (κ1) is 15.0. The molecule has 21 heavy (non-hydrogen) atoms. The van der Waals surface area contributed by atoms with E-state index in [2.05, 4.69) is 4.99 Å². The third kappa shape index (κ3) is 4.27. The Labute approximate surface area is 122 Å². The normalized spacial score (nSPS) is 10.7. The number of carbonyl (C=O) groups excluding carboxylic acids is 1. The van der Waals surface area contributed by atoms with Gasteiger partial charge in [-0.05, 0) is 36.4 Å². The largest absolute Gasteiger partial charge is 0.493 e. The number of isocyanates is 1. The van der Waals surface area contributed by atoms with E-state index in [4.69, 9.17) is 4.74 Å². The molecule has 0 radical (unpaired) electrons. The van der Waals surface area contributed by atoms with Gasteiger partial charge in [0.05, 0.1) is 16.3 Å². The second kappa shape index (κ2) is 6.83. The van der Waals surface area contributed by atoms with E-state index in [0.29, 0.717) is 11.4 Å². The van der Waals surface area contributed by atoms with Gasteiger partial charge in [-0.1, -0.05) is 18.2 Å². The van der Waals surface area contributed by atoms with Crippen LogP contribution in [0.2, 0.25) is 0 Å². The fraction of sp³-hybridized carbons (Fsp3) is 0.133. The van der Waals surface area contributed by atoms with Crippen molar-refractivity contribution in [2.45, 2.75) is 4.90 Å². The summed E-state index contributed by atoms with van der Waals surface area (Å²) in [6.45, 7) is 0.0700. The number of sulfone groups is 1. The topological polar surface area (TPSA) is 72.8 Å². The van der Waals surface area contributed by atoms with Gasteiger partial charge in [0.1, 0.15) is 12.4 Å². The Morgan fingerprint density at radius 3 is 2.29 bits per heavy atom. The van der Waals surface area contributed by atoms with Crippen LogP contribution in [-0.2, 0) is 14.6 Å². The van der Waals surface area contributed by atoms with Gasteiger partial charge in [-0.25, -0.2) is 13.2 Å². The number of para-hydroxylation sites is 1. The highest BCUT2D eigenvalue weighted by Crippen LogP contribution is 2.17. The predicted octanol–water partition coefficient (Wildman–Crippen LogP) is 2.51. The van der Waals surface area contributed by atoms with Crippen molar-refractivity contribution >= 4 is 21.6 Å². The van der Waals surface area contributed by atoms with Crippen molar-refractivity contribution in [3.05, 3.63) is 54.6 Å². The summed E-state index contributed by atoms with van der Waals surface area (Å²) in [6, 6.07) is 14.7. The molecular formula is C15H13NO4S. The number of aliphatic imine (C=N–C) groups is 1. The molecule has 0 aromatic heterocycles. The van der Waals surface area contributed by atoms with Crippen molar-refractivity contribution in [1.29, 1.82) is 0 Å². The molecule has 108 valence electrons. The molecule has 0 saturated heterocycles. The van der Waals surface area contributed by atoms with Gasteiger partial charge in [-0.3, -0.25) is 0 Å². The summed E-state index contributed by atoms with van der Waals surface area (Å²) in [4.78, 5) is 13.7. The molecule has 0 heterocycles. The van der Waals surface area contributed by atoms with Crippen LogP contribution in [0.25, 0.3) is 0 Å². The van der Waals surface area contributed by atoms with Gasteiger partial charge in [0, 0.05) is 0 Å². The van der Waals surface area contributed by atoms with Crippen molar-refractivity contribution in [2.75, 3.05) is 12.4 Å². The molecule has 5 nitrogen and oxygen atoms in total. The zero-order valence-electron chi connectivity index (χ0n) is 11.1. The highest BCUT2D eigenvalue weighted by molar-refractivity contribution is 7.91. The van der Waals surface area contributed by atoms with E-state index in [0.717, 1.165) is 0 Å². The van der Waals surface area contributed by atoms with Crippen LogP contribution < -0.4 is 4.74 Å². The Kier molecular flexibility index (Phi) is 4.87. The first-order valence-electron chi connectivity index (χ1n) is 6.20. The monoisotopic (exact) mass is 303 g/mol. The Hall–Kier alpha value is -2.43. The van der Waals surface area contributed by atoms with Gasteiger partial charge in [0.25, 0.3) is 0 Å². The van der Waals surface area contributed by atoms with E-state index in [9.17, 15) is 13.2 Å². The van der Waals surface area contributed by atoms with Crippen LogP contribution >= 0.6 is 0 Å². The smallest absolute Gasteiger partial charge is 0.240 e. The number of ether oxygens (including phenoxy) is 1. The van der Waals surface area contributed by atoms with Crippen LogP contribution in [0.3, 0.4) is 0 Å². The number of nitrogens with zero attached hydrogens (tertiary/aromatic N) is 1. The molecule has 0 aliphatic carbocycles. The molecule has 2 aromatic carbocycles. The van der Waals surface area contributed by atoms with E-state index in [1.165, 1.54) is 30.3 Å². The standard InChI is InChI=1S/C15H13NO4S/c17-12-16-13-6-8-15(9-7-13)21(18,19)11-10-20-14-4-2-1-3-5-14/h1-9H,10-11H2. The van der Waals surface area contributed by atoms with Crippen LogP contribution in [0.4, 0.5) is 5.69 Å². The lowest BCUT2D eigenvalue weighted by Gasteiger charge is -2.07. The molecule has 0 fully saturated rings. The lowest BCUT2D eigenvalue weighted by molar-refractivity contribution is 0.341. The summed E-state index contributed by atoms with van der Waals surface area (Å²) in [7, 11) is -3.43. The Balaban J connectivity index is 1.99. The molecule has 0 amide bonds. The third-order valence-corrected chi connectivity index (χ3v) is 4.43. The summed E-state index contributed by atoms with van der Waals surface area (Å²) in [5, 5.41) is 0. The van der Waals surface area contributed by atoms with Gasteiger partial charge < -0.3 is 4.74 Å². The minimum absolute atomic E-state index is 0.0700. The number of rotatable bonds is 6. The molecule has 2 aromatic rings. The van der Waals surface area contributed by atoms with Crippen molar-refractivity contribution < 1.29 is 17.9 Å². The molecule has 0 aliphatic rings. The molecule has 0 unspecified atom stereocenters. The fourth-order valence-corrected chi connectivity index (χ4v) is 2.77. The van der Waals surface area contributed by atoms with Crippen LogP contribution in [0.1, 0.15) is 0 Å². The summed E-state index contributed by atoms with van der Waals surface area (Å²) in [6.07, 6.45) is 1.40. The van der Waals surface area contributed by atoms with Gasteiger partial charge >= 0.3 is 0 Å². The predicted molar refractivity (Wildman–Crippen MR) is 78.2 cm³/mol. The summed E-state index contributed by atoms with van der Waals surface area (Å²) >= 11 is 0. The zero-order chi connectivity index (χ0) is 15.1. The summed E-state index contributed by atoms with van der Waals surface area (Å²) in [5.41, 5.74) is 0.365. The molecule has 2 rings (SSSR count). The van der Waals surface area contributed by atoms with Crippen molar-refractivity contribution in [2.24, 2.45) is 4.99 Å². The molecule has 0 aliphatic heterocycles. The maximum atomic E-state index is 12.1. The van der Waals surface area contributed by atoms with E-state index in [-0.39, 0.29) is 17.3 Å². The maximum Gasteiger partial charge on any atom is 0.240 e. The third-order valence-electron chi connectivity index (χ3n) is 2.73. The van der Waals surface area contributed by atoms with Crippen LogP contribution in [-0.4, -0.2) is 26.9 Å². The molecular weight excluding hydrogens is 290 g/mol. The maximum absolute atomic E-state index is 12.1. The van der Waals surface area contributed by atoms with E-state index < -0.39 is 9.84 Å². The van der Waals surface area contributed by atoms with E-state index >= 15 is 0 Å². The molecule has 0 atom stereocenters. The molecule has 0 spiro atoms. The minimum atomic E-state index is -3.43. The Morgan fingerprint density at radius 2 is 1.67 bits per heavy atom. The number of hydrogen-bond donors (Lipinski definition) is 0. The van der Waals surface area contributed by atoms with Crippen molar-refractivity contribution in [1.82, 2.24) is 0 Å². The van der Waals surface area contributed by atoms with E-state index in [1.54, 1.807) is 12.1 Å². The van der Waals surface area contributed by atoms with Crippen LogP contribution in [0.15, 0.2) is 64.5 Å². The van der Waals surface area contributed by atoms with Crippen LogP contribution in [0.5, 0.6) is 5.75 Å². The SMILES string of the molecule is O=C=Nc1ccc(S(=O)(=O)CCOc2ccccc2)cc1. The highest BCUT2D eigenvalue weighted by atomic mass is 32.2. The highest BCUT2D eigenvalue weighted by Gasteiger charge is 2.14. The zero-order valence-corrected chi connectivity index (χ0v) is 11.9. The van der Waals surface area contributed by atoms with Crippen molar-refractivity contribution in [3.8, 4) is 5.75 Å². The van der Waals surface area contributed by atoms with Crippen LogP contribution in [0, 0.1) is 0 Å². The second-order valence-electron chi connectivity index (χ2n) is 4.18. The average Bonchev–Trinajstić information content (AvgIpc) is 2.49. The van der Waals surface area contributed by atoms with E-state index in [1.807, 2.05) is 18.2 Å². The number of benzene rings is 2. The number of hydrogen-bond acceptors (Lipinski definition) is 5. The molecule has 0 saturated carbocycles. The summed E-state index contributed by atoms with van der Waals surface area (Å²) < 4.78 is 29.6. The Morgan fingerprint density at radius 1 is 1.00 bits per heavy atom.